The smallest absolute Gasteiger partial charge is 0.259 e. The molecule has 1 fully saturated rings. The molecule has 28 heavy (non-hydrogen) atoms. The molecule has 0 N–H and O–H groups in total. The molecule has 0 amide bonds. The second-order valence-corrected chi connectivity index (χ2v) is 8.85. The minimum atomic E-state index is 0.179. The molecule has 0 spiro atoms. The standard InChI is InChI=1S/C23H24N2O2S/c1-27-19-6-4-16(5-7-19)12-24-13-17-11-18(15-24)21-9-8-20(22-3-2-10-28-22)23(26)25(21)14-17/h2-10,17-18H,11-15H2,1H3/t17-,18-/m1/s1. The first-order chi connectivity index (χ1) is 13.7. The Labute approximate surface area is 169 Å². The van der Waals surface area contributed by atoms with Crippen LogP contribution >= 0.6 is 11.3 Å². The molecular weight excluding hydrogens is 368 g/mol. The molecule has 2 atom stereocenters. The van der Waals surface area contributed by atoms with Crippen LogP contribution in [0.15, 0.2) is 58.7 Å². The summed E-state index contributed by atoms with van der Waals surface area (Å²) in [6.45, 7) is 3.86. The lowest BCUT2D eigenvalue weighted by Gasteiger charge is -2.43. The van der Waals surface area contributed by atoms with E-state index in [0.717, 1.165) is 42.4 Å². The van der Waals surface area contributed by atoms with Crippen LogP contribution in [0.5, 0.6) is 5.75 Å². The summed E-state index contributed by atoms with van der Waals surface area (Å²) in [6.07, 6.45) is 1.19. The molecule has 144 valence electrons. The van der Waals surface area contributed by atoms with Gasteiger partial charge in [0.2, 0.25) is 0 Å². The van der Waals surface area contributed by atoms with Gasteiger partial charge < -0.3 is 9.30 Å². The molecule has 1 aromatic carbocycles. The van der Waals surface area contributed by atoms with Crippen LogP contribution in [0.4, 0.5) is 0 Å². The van der Waals surface area contributed by atoms with Gasteiger partial charge in [0.25, 0.3) is 5.56 Å². The van der Waals surface area contributed by atoms with E-state index >= 15 is 0 Å². The number of thiophene rings is 1. The molecule has 1 saturated heterocycles. The number of hydrogen-bond acceptors (Lipinski definition) is 4. The lowest BCUT2D eigenvalue weighted by atomic mass is 9.82. The van der Waals surface area contributed by atoms with Crippen LogP contribution in [0.1, 0.15) is 23.6 Å². The SMILES string of the molecule is COc1ccc(CN2C[C@H]3C[C@H](C2)c2ccc(-c4cccs4)c(=O)n2C3)cc1. The van der Waals surface area contributed by atoms with Crippen molar-refractivity contribution in [3.63, 3.8) is 0 Å². The van der Waals surface area contributed by atoms with Crippen molar-refractivity contribution < 1.29 is 4.74 Å². The van der Waals surface area contributed by atoms with Gasteiger partial charge in [0, 0.05) is 42.7 Å². The van der Waals surface area contributed by atoms with Gasteiger partial charge in [0.05, 0.1) is 12.7 Å². The van der Waals surface area contributed by atoms with Crippen molar-refractivity contribution in [3.05, 3.63) is 75.5 Å². The maximum absolute atomic E-state index is 13.1. The topological polar surface area (TPSA) is 34.5 Å². The highest BCUT2D eigenvalue weighted by atomic mass is 32.1. The fourth-order valence-electron chi connectivity index (χ4n) is 4.78. The van der Waals surface area contributed by atoms with Crippen LogP contribution in [0.3, 0.4) is 0 Å². The summed E-state index contributed by atoms with van der Waals surface area (Å²) in [4.78, 5) is 16.7. The van der Waals surface area contributed by atoms with E-state index in [1.54, 1.807) is 18.4 Å². The molecule has 5 rings (SSSR count). The summed E-state index contributed by atoms with van der Waals surface area (Å²) < 4.78 is 7.32. The van der Waals surface area contributed by atoms with Gasteiger partial charge >= 0.3 is 0 Å². The highest BCUT2D eigenvalue weighted by Crippen LogP contribution is 2.36. The molecule has 2 aliphatic heterocycles. The van der Waals surface area contributed by atoms with Gasteiger partial charge in [-0.2, -0.15) is 0 Å². The van der Waals surface area contributed by atoms with Crippen molar-refractivity contribution in [1.82, 2.24) is 9.47 Å². The molecule has 0 radical (unpaired) electrons. The Balaban J connectivity index is 1.39. The summed E-state index contributed by atoms with van der Waals surface area (Å²) in [5, 5.41) is 2.03. The zero-order valence-electron chi connectivity index (χ0n) is 16.0. The molecule has 2 bridgehead atoms. The highest BCUT2D eigenvalue weighted by molar-refractivity contribution is 7.13. The van der Waals surface area contributed by atoms with Crippen LogP contribution < -0.4 is 10.3 Å². The number of hydrogen-bond donors (Lipinski definition) is 0. The maximum Gasteiger partial charge on any atom is 0.259 e. The summed E-state index contributed by atoms with van der Waals surface area (Å²) in [5.74, 6) is 1.88. The number of rotatable bonds is 4. The van der Waals surface area contributed by atoms with Gasteiger partial charge in [0.1, 0.15) is 5.75 Å². The third kappa shape index (κ3) is 3.19. The summed E-state index contributed by atoms with van der Waals surface area (Å²) in [6, 6.07) is 16.6. The summed E-state index contributed by atoms with van der Waals surface area (Å²) in [7, 11) is 1.70. The second kappa shape index (κ2) is 7.22. The molecule has 2 aromatic heterocycles. The highest BCUT2D eigenvalue weighted by Gasteiger charge is 2.35. The molecule has 5 heteroatoms. The first-order valence-electron chi connectivity index (χ1n) is 9.84. The van der Waals surface area contributed by atoms with Gasteiger partial charge in [-0.25, -0.2) is 0 Å². The van der Waals surface area contributed by atoms with Gasteiger partial charge in [-0.1, -0.05) is 18.2 Å². The second-order valence-electron chi connectivity index (χ2n) is 7.91. The molecule has 3 aromatic rings. The number of aromatic nitrogens is 1. The van der Waals surface area contributed by atoms with Gasteiger partial charge in [-0.05, 0) is 53.6 Å². The van der Waals surface area contributed by atoms with Crippen LogP contribution in [-0.2, 0) is 13.1 Å². The van der Waals surface area contributed by atoms with E-state index < -0.39 is 0 Å². The van der Waals surface area contributed by atoms with Crippen molar-refractivity contribution in [2.45, 2.75) is 25.4 Å². The van der Waals surface area contributed by atoms with E-state index in [1.807, 2.05) is 35.7 Å². The lowest BCUT2D eigenvalue weighted by Crippen LogP contribution is -2.46. The minimum absolute atomic E-state index is 0.179. The maximum atomic E-state index is 13.1. The zero-order valence-corrected chi connectivity index (χ0v) is 16.8. The number of methoxy groups -OCH3 is 1. The zero-order chi connectivity index (χ0) is 19.1. The number of ether oxygens (including phenoxy) is 1. The van der Waals surface area contributed by atoms with E-state index in [-0.39, 0.29) is 5.56 Å². The number of benzene rings is 1. The van der Waals surface area contributed by atoms with Gasteiger partial charge in [0.15, 0.2) is 0 Å². The van der Waals surface area contributed by atoms with E-state index in [9.17, 15) is 4.79 Å². The molecule has 2 aliphatic rings. The van der Waals surface area contributed by atoms with Crippen molar-refractivity contribution in [3.8, 4) is 16.2 Å². The first-order valence-corrected chi connectivity index (χ1v) is 10.7. The Morgan fingerprint density at radius 1 is 1.07 bits per heavy atom. The number of pyridine rings is 1. The Morgan fingerprint density at radius 3 is 2.68 bits per heavy atom. The molecule has 0 unspecified atom stereocenters. The quantitative estimate of drug-likeness (QED) is 0.667. The number of piperidine rings is 1. The van der Waals surface area contributed by atoms with Crippen LogP contribution in [0, 0.1) is 5.92 Å². The largest absolute Gasteiger partial charge is 0.497 e. The van der Waals surface area contributed by atoms with E-state index in [1.165, 1.54) is 17.7 Å². The van der Waals surface area contributed by atoms with E-state index in [2.05, 4.69) is 27.7 Å². The van der Waals surface area contributed by atoms with Crippen LogP contribution in [0.2, 0.25) is 0 Å². The lowest BCUT2D eigenvalue weighted by molar-refractivity contribution is 0.114. The number of likely N-dealkylation sites (tertiary alicyclic amines) is 1. The van der Waals surface area contributed by atoms with Crippen molar-refractivity contribution in [1.29, 1.82) is 0 Å². The van der Waals surface area contributed by atoms with Gasteiger partial charge in [-0.15, -0.1) is 11.3 Å². The molecule has 4 nitrogen and oxygen atoms in total. The van der Waals surface area contributed by atoms with Crippen LogP contribution in [-0.4, -0.2) is 29.7 Å². The first kappa shape index (κ1) is 17.7. The molecule has 0 saturated carbocycles. The summed E-state index contributed by atoms with van der Waals surface area (Å²) >= 11 is 1.64. The van der Waals surface area contributed by atoms with Crippen molar-refractivity contribution in [2.75, 3.05) is 20.2 Å². The monoisotopic (exact) mass is 392 g/mol. The molecule has 0 aliphatic carbocycles. The Morgan fingerprint density at radius 2 is 1.93 bits per heavy atom. The fraction of sp³-hybridized carbons (Fsp3) is 0.348. The third-order valence-electron chi connectivity index (χ3n) is 6.03. The molecule has 4 heterocycles. The Kier molecular flexibility index (Phi) is 4.57. The normalized spacial score (nSPS) is 21.3. The van der Waals surface area contributed by atoms with E-state index in [0.29, 0.717) is 11.8 Å². The predicted octanol–water partition coefficient (Wildman–Crippen LogP) is 4.20. The number of nitrogens with zero attached hydrogens (tertiary/aromatic N) is 2. The third-order valence-corrected chi connectivity index (χ3v) is 6.93. The predicted molar refractivity (Wildman–Crippen MR) is 113 cm³/mol. The number of fused-ring (bicyclic) bond motifs is 4. The average Bonchev–Trinajstić information content (AvgIpc) is 3.24. The Hall–Kier alpha value is -2.37. The fourth-order valence-corrected chi connectivity index (χ4v) is 5.53. The van der Waals surface area contributed by atoms with Gasteiger partial charge in [-0.3, -0.25) is 9.69 Å². The molecular formula is C23H24N2O2S. The minimum Gasteiger partial charge on any atom is -0.497 e. The Bertz CT molecular complexity index is 1020. The van der Waals surface area contributed by atoms with E-state index in [4.69, 9.17) is 4.74 Å². The summed E-state index contributed by atoms with van der Waals surface area (Å²) in [5.41, 5.74) is 3.54. The van der Waals surface area contributed by atoms with Crippen molar-refractivity contribution in [2.24, 2.45) is 5.92 Å². The van der Waals surface area contributed by atoms with Crippen molar-refractivity contribution >= 4 is 11.3 Å². The average molecular weight is 393 g/mol. The van der Waals surface area contributed by atoms with Crippen LogP contribution in [0.25, 0.3) is 10.4 Å².